The van der Waals surface area contributed by atoms with Gasteiger partial charge in [-0.15, -0.1) is 0 Å². The first-order valence-corrected chi connectivity index (χ1v) is 8.23. The SMILES string of the molecule is CCOC(=O)Nc1c(F)cc(Cl)c2nc(Oc3ccccc3)sc12. The second-order valence-corrected chi connectivity index (χ2v) is 6.00. The lowest BCUT2D eigenvalue weighted by molar-refractivity contribution is 0.168. The van der Waals surface area contributed by atoms with Crippen LogP contribution >= 0.6 is 22.9 Å². The molecule has 1 amide bonds. The summed E-state index contributed by atoms with van der Waals surface area (Å²) >= 11 is 7.13. The number of aromatic nitrogens is 1. The summed E-state index contributed by atoms with van der Waals surface area (Å²) in [7, 11) is 0. The number of carbonyl (C=O) groups excluding carboxylic acids is 1. The molecule has 0 saturated carbocycles. The number of anilines is 1. The minimum Gasteiger partial charge on any atom is -0.450 e. The summed E-state index contributed by atoms with van der Waals surface area (Å²) in [6.07, 6.45) is -0.751. The van der Waals surface area contributed by atoms with Crippen LogP contribution in [-0.2, 0) is 4.74 Å². The second-order valence-electron chi connectivity index (χ2n) is 4.63. The highest BCUT2D eigenvalue weighted by Gasteiger charge is 2.19. The highest BCUT2D eigenvalue weighted by molar-refractivity contribution is 7.21. The number of fused-ring (bicyclic) bond motifs is 1. The highest BCUT2D eigenvalue weighted by atomic mass is 35.5. The number of amides is 1. The maximum Gasteiger partial charge on any atom is 0.411 e. The van der Waals surface area contributed by atoms with Crippen LogP contribution in [0.1, 0.15) is 6.92 Å². The predicted octanol–water partition coefficient (Wildman–Crippen LogP) is 5.45. The number of thiazole rings is 1. The molecule has 0 aliphatic carbocycles. The van der Waals surface area contributed by atoms with E-state index in [0.29, 0.717) is 16.0 Å². The molecule has 0 spiro atoms. The van der Waals surface area contributed by atoms with Crippen molar-refractivity contribution in [3.05, 3.63) is 47.2 Å². The van der Waals surface area contributed by atoms with Crippen LogP contribution in [0, 0.1) is 5.82 Å². The topological polar surface area (TPSA) is 60.5 Å². The Bertz CT molecular complexity index is 886. The third kappa shape index (κ3) is 3.42. The molecule has 8 heteroatoms. The molecule has 24 heavy (non-hydrogen) atoms. The van der Waals surface area contributed by atoms with Gasteiger partial charge < -0.3 is 9.47 Å². The number of halogens is 2. The van der Waals surface area contributed by atoms with E-state index in [1.807, 2.05) is 18.2 Å². The summed E-state index contributed by atoms with van der Waals surface area (Å²) < 4.78 is 25.0. The van der Waals surface area contributed by atoms with Crippen LogP contribution in [0.25, 0.3) is 10.2 Å². The van der Waals surface area contributed by atoms with Crippen molar-refractivity contribution in [1.82, 2.24) is 4.98 Å². The van der Waals surface area contributed by atoms with Gasteiger partial charge in [-0.1, -0.05) is 41.1 Å². The van der Waals surface area contributed by atoms with Crippen molar-refractivity contribution < 1.29 is 18.7 Å². The summed E-state index contributed by atoms with van der Waals surface area (Å²) in [5.74, 6) is -0.0801. The van der Waals surface area contributed by atoms with Gasteiger partial charge in [-0.05, 0) is 25.1 Å². The zero-order valence-corrected chi connectivity index (χ0v) is 14.1. The van der Waals surface area contributed by atoms with Crippen molar-refractivity contribution >= 4 is 44.9 Å². The number of nitrogens with one attached hydrogen (secondary N) is 1. The summed E-state index contributed by atoms with van der Waals surface area (Å²) in [5.41, 5.74) is 0.314. The molecular weight excluding hydrogens is 355 g/mol. The fraction of sp³-hybridized carbons (Fsp3) is 0.125. The van der Waals surface area contributed by atoms with Gasteiger partial charge in [0.05, 0.1) is 22.0 Å². The molecule has 0 unspecified atom stereocenters. The second kappa shape index (κ2) is 7.02. The standard InChI is InChI=1S/C16H12ClFN2O3S/c1-2-22-15(21)19-13-11(18)8-10(17)12-14(13)24-16(20-12)23-9-6-4-3-5-7-9/h3-8H,2H2,1H3,(H,19,21). The first-order valence-electron chi connectivity index (χ1n) is 7.03. The van der Waals surface area contributed by atoms with Gasteiger partial charge in [-0.2, -0.15) is 0 Å². The first kappa shape index (κ1) is 16.5. The molecule has 1 aromatic heterocycles. The molecule has 0 bridgehead atoms. The predicted molar refractivity (Wildman–Crippen MR) is 91.7 cm³/mol. The van der Waals surface area contributed by atoms with Crippen molar-refractivity contribution in [2.24, 2.45) is 0 Å². The lowest BCUT2D eigenvalue weighted by Gasteiger charge is -2.07. The van der Waals surface area contributed by atoms with E-state index in [9.17, 15) is 9.18 Å². The molecule has 3 rings (SSSR count). The Kier molecular flexibility index (Phi) is 4.82. The third-order valence-corrected chi connectivity index (χ3v) is 4.24. The van der Waals surface area contributed by atoms with E-state index in [1.165, 1.54) is 0 Å². The Morgan fingerprint density at radius 3 is 2.83 bits per heavy atom. The van der Waals surface area contributed by atoms with Crippen molar-refractivity contribution in [1.29, 1.82) is 0 Å². The summed E-state index contributed by atoms with van der Waals surface area (Å²) in [5, 5.41) is 2.80. The molecule has 0 fully saturated rings. The van der Waals surface area contributed by atoms with Crippen molar-refractivity contribution in [3.8, 4) is 10.9 Å². The smallest absolute Gasteiger partial charge is 0.411 e. The van der Waals surface area contributed by atoms with E-state index in [0.717, 1.165) is 17.4 Å². The average molecular weight is 367 g/mol. The average Bonchev–Trinajstić information content (AvgIpc) is 2.97. The van der Waals surface area contributed by atoms with Crippen LogP contribution in [0.4, 0.5) is 14.9 Å². The number of benzene rings is 2. The van der Waals surface area contributed by atoms with Gasteiger partial charge in [-0.3, -0.25) is 5.32 Å². The van der Waals surface area contributed by atoms with E-state index in [-0.39, 0.29) is 22.5 Å². The quantitative estimate of drug-likeness (QED) is 0.667. The van der Waals surface area contributed by atoms with Crippen LogP contribution in [0.3, 0.4) is 0 Å². The molecule has 1 heterocycles. The molecule has 2 aromatic carbocycles. The van der Waals surface area contributed by atoms with Gasteiger partial charge in [0.1, 0.15) is 17.1 Å². The Morgan fingerprint density at radius 1 is 1.38 bits per heavy atom. The molecule has 0 aliphatic heterocycles. The Labute approximate surface area is 146 Å². The van der Waals surface area contributed by atoms with Crippen molar-refractivity contribution in [3.63, 3.8) is 0 Å². The zero-order chi connectivity index (χ0) is 17.1. The number of hydrogen-bond acceptors (Lipinski definition) is 5. The number of rotatable bonds is 4. The van der Waals surface area contributed by atoms with E-state index in [2.05, 4.69) is 10.3 Å². The minimum absolute atomic E-state index is 0.0340. The van der Waals surface area contributed by atoms with Crippen LogP contribution in [-0.4, -0.2) is 17.7 Å². The normalized spacial score (nSPS) is 10.6. The molecule has 5 nitrogen and oxygen atoms in total. The summed E-state index contributed by atoms with van der Waals surface area (Å²) in [6.45, 7) is 1.83. The fourth-order valence-corrected chi connectivity index (χ4v) is 3.25. The molecule has 0 radical (unpaired) electrons. The van der Waals surface area contributed by atoms with E-state index >= 15 is 0 Å². The Hall–Kier alpha value is -2.38. The van der Waals surface area contributed by atoms with Gasteiger partial charge in [0.25, 0.3) is 5.19 Å². The maximum atomic E-state index is 14.2. The van der Waals surface area contributed by atoms with Crippen molar-refractivity contribution in [2.75, 3.05) is 11.9 Å². The maximum absolute atomic E-state index is 14.2. The Morgan fingerprint density at radius 2 is 2.12 bits per heavy atom. The van der Waals surface area contributed by atoms with Crippen molar-refractivity contribution in [2.45, 2.75) is 6.92 Å². The molecule has 124 valence electrons. The molecule has 0 aliphatic rings. The first-order chi connectivity index (χ1) is 11.6. The van der Waals surface area contributed by atoms with Gasteiger partial charge >= 0.3 is 6.09 Å². The third-order valence-electron chi connectivity index (χ3n) is 3.00. The van der Waals surface area contributed by atoms with E-state index < -0.39 is 11.9 Å². The number of ether oxygens (including phenoxy) is 2. The number of hydrogen-bond donors (Lipinski definition) is 1. The number of nitrogens with zero attached hydrogens (tertiary/aromatic N) is 1. The van der Waals surface area contributed by atoms with Crippen LogP contribution in [0.2, 0.25) is 5.02 Å². The minimum atomic E-state index is -0.751. The lowest BCUT2D eigenvalue weighted by atomic mass is 10.3. The summed E-state index contributed by atoms with van der Waals surface area (Å²) in [4.78, 5) is 15.9. The van der Waals surface area contributed by atoms with Gasteiger partial charge in [-0.25, -0.2) is 14.2 Å². The number of carbonyl (C=O) groups is 1. The summed E-state index contributed by atoms with van der Waals surface area (Å²) in [6, 6.07) is 10.1. The molecule has 0 saturated heterocycles. The molecule has 3 aromatic rings. The highest BCUT2D eigenvalue weighted by Crippen LogP contribution is 2.40. The largest absolute Gasteiger partial charge is 0.450 e. The zero-order valence-electron chi connectivity index (χ0n) is 12.5. The molecular formula is C16H12ClFN2O3S. The number of para-hydroxylation sites is 1. The van der Waals surface area contributed by atoms with Gasteiger partial charge in [0.2, 0.25) is 0 Å². The van der Waals surface area contributed by atoms with Crippen LogP contribution in [0.15, 0.2) is 36.4 Å². The fourth-order valence-electron chi connectivity index (χ4n) is 2.01. The lowest BCUT2D eigenvalue weighted by Crippen LogP contribution is -2.14. The van der Waals surface area contributed by atoms with Crippen LogP contribution in [0.5, 0.6) is 10.9 Å². The Balaban J connectivity index is 2.00. The molecule has 1 N–H and O–H groups in total. The van der Waals surface area contributed by atoms with Crippen LogP contribution < -0.4 is 10.1 Å². The monoisotopic (exact) mass is 366 g/mol. The van der Waals surface area contributed by atoms with Gasteiger partial charge in [0, 0.05) is 0 Å². The van der Waals surface area contributed by atoms with E-state index in [1.54, 1.807) is 19.1 Å². The molecule has 0 atom stereocenters. The van der Waals surface area contributed by atoms with E-state index in [4.69, 9.17) is 21.1 Å². The van der Waals surface area contributed by atoms with Gasteiger partial charge in [0.15, 0.2) is 0 Å².